The third kappa shape index (κ3) is 2.64. The second-order valence-corrected chi connectivity index (χ2v) is 5.57. The minimum Gasteiger partial charge on any atom is -0.478 e. The number of nitrogens with zero attached hydrogens (tertiary/aromatic N) is 1. The van der Waals surface area contributed by atoms with Crippen LogP contribution in [0.3, 0.4) is 0 Å². The van der Waals surface area contributed by atoms with Crippen LogP contribution in [0, 0.1) is 6.92 Å². The molecule has 0 aliphatic carbocycles. The Hall–Kier alpha value is -2.29. The van der Waals surface area contributed by atoms with Gasteiger partial charge in [0.25, 0.3) is 0 Å². The van der Waals surface area contributed by atoms with E-state index in [9.17, 15) is 9.90 Å². The Labute approximate surface area is 124 Å². The summed E-state index contributed by atoms with van der Waals surface area (Å²) in [6.45, 7) is 3.65. The molecule has 3 heteroatoms. The standard InChI is InChI=1S/C18H19NO2/c1-13-6-4-10-16(18(20)21)17(13)19-11-5-9-14-7-2-3-8-15(14)12-19/h2-4,6-8,10H,5,9,11-12H2,1H3,(H,20,21). The highest BCUT2D eigenvalue weighted by Gasteiger charge is 2.21. The Balaban J connectivity index is 2.04. The van der Waals surface area contributed by atoms with E-state index < -0.39 is 5.97 Å². The number of anilines is 1. The number of carbonyl (C=O) groups is 1. The van der Waals surface area contributed by atoms with Crippen molar-refractivity contribution in [3.8, 4) is 0 Å². The molecule has 0 fully saturated rings. The molecule has 1 aliphatic rings. The summed E-state index contributed by atoms with van der Waals surface area (Å²) in [6, 6.07) is 13.9. The van der Waals surface area contributed by atoms with Gasteiger partial charge in [0.05, 0.1) is 11.3 Å². The van der Waals surface area contributed by atoms with Crippen LogP contribution in [-0.4, -0.2) is 17.6 Å². The SMILES string of the molecule is Cc1cccc(C(=O)O)c1N1CCCc2ccccc2C1. The van der Waals surface area contributed by atoms with Gasteiger partial charge in [0.1, 0.15) is 0 Å². The van der Waals surface area contributed by atoms with Crippen LogP contribution < -0.4 is 4.90 Å². The Morgan fingerprint density at radius 2 is 1.86 bits per heavy atom. The summed E-state index contributed by atoms with van der Waals surface area (Å²) in [4.78, 5) is 13.7. The third-order valence-corrected chi connectivity index (χ3v) is 4.14. The Bertz CT molecular complexity index is 679. The number of carboxylic acid groups (broad SMARTS) is 1. The summed E-state index contributed by atoms with van der Waals surface area (Å²) < 4.78 is 0. The molecule has 0 aromatic heterocycles. The van der Waals surface area contributed by atoms with E-state index in [1.807, 2.05) is 19.1 Å². The fourth-order valence-electron chi connectivity index (χ4n) is 3.14. The van der Waals surface area contributed by atoms with Gasteiger partial charge in [0.2, 0.25) is 0 Å². The zero-order valence-corrected chi connectivity index (χ0v) is 12.2. The van der Waals surface area contributed by atoms with E-state index in [2.05, 4.69) is 29.2 Å². The fourth-order valence-corrected chi connectivity index (χ4v) is 3.14. The number of benzene rings is 2. The van der Waals surface area contributed by atoms with Crippen molar-refractivity contribution in [1.82, 2.24) is 0 Å². The van der Waals surface area contributed by atoms with Gasteiger partial charge >= 0.3 is 5.97 Å². The summed E-state index contributed by atoms with van der Waals surface area (Å²) in [5.41, 5.74) is 4.96. The first kappa shape index (κ1) is 13.7. The number of carboxylic acids is 1. The number of aryl methyl sites for hydroxylation is 2. The molecule has 0 radical (unpaired) electrons. The molecule has 1 aliphatic heterocycles. The number of fused-ring (bicyclic) bond motifs is 1. The lowest BCUT2D eigenvalue weighted by Gasteiger charge is -2.26. The van der Waals surface area contributed by atoms with Crippen molar-refractivity contribution in [3.05, 3.63) is 64.7 Å². The third-order valence-electron chi connectivity index (χ3n) is 4.14. The van der Waals surface area contributed by atoms with Gasteiger partial charge in [0.15, 0.2) is 0 Å². The predicted octanol–water partition coefficient (Wildman–Crippen LogP) is 3.65. The van der Waals surface area contributed by atoms with Crippen LogP contribution >= 0.6 is 0 Å². The summed E-state index contributed by atoms with van der Waals surface area (Å²) in [6.07, 6.45) is 2.10. The number of hydrogen-bond acceptors (Lipinski definition) is 2. The highest BCUT2D eigenvalue weighted by molar-refractivity contribution is 5.95. The molecule has 3 nitrogen and oxygen atoms in total. The molecule has 0 saturated heterocycles. The lowest BCUT2D eigenvalue weighted by molar-refractivity contribution is 0.0697. The highest BCUT2D eigenvalue weighted by Crippen LogP contribution is 2.29. The van der Waals surface area contributed by atoms with Gasteiger partial charge in [-0.1, -0.05) is 36.4 Å². The molecular weight excluding hydrogens is 262 g/mol. The summed E-state index contributed by atoms with van der Waals surface area (Å²) in [5.74, 6) is -0.855. The van der Waals surface area contributed by atoms with Crippen molar-refractivity contribution in [2.24, 2.45) is 0 Å². The molecule has 2 aromatic rings. The van der Waals surface area contributed by atoms with Crippen LogP contribution in [0.4, 0.5) is 5.69 Å². The molecule has 3 rings (SSSR count). The highest BCUT2D eigenvalue weighted by atomic mass is 16.4. The molecule has 0 spiro atoms. The second kappa shape index (κ2) is 5.60. The summed E-state index contributed by atoms with van der Waals surface area (Å²) in [5, 5.41) is 9.46. The Morgan fingerprint density at radius 1 is 1.10 bits per heavy atom. The first-order chi connectivity index (χ1) is 10.2. The van der Waals surface area contributed by atoms with Crippen LogP contribution in [0.2, 0.25) is 0 Å². The van der Waals surface area contributed by atoms with Gasteiger partial charge in [-0.15, -0.1) is 0 Å². The normalized spacial score (nSPS) is 14.4. The van der Waals surface area contributed by atoms with Crippen molar-refractivity contribution in [1.29, 1.82) is 0 Å². The zero-order chi connectivity index (χ0) is 14.8. The molecule has 2 aromatic carbocycles. The van der Waals surface area contributed by atoms with Crippen molar-refractivity contribution in [2.75, 3.05) is 11.4 Å². The van der Waals surface area contributed by atoms with Crippen LogP contribution in [0.5, 0.6) is 0 Å². The van der Waals surface area contributed by atoms with Crippen molar-refractivity contribution < 1.29 is 9.90 Å². The molecule has 1 heterocycles. The maximum Gasteiger partial charge on any atom is 0.337 e. The van der Waals surface area contributed by atoms with Gasteiger partial charge in [-0.3, -0.25) is 0 Å². The minimum absolute atomic E-state index is 0.398. The summed E-state index contributed by atoms with van der Waals surface area (Å²) in [7, 11) is 0. The molecule has 0 bridgehead atoms. The molecule has 0 atom stereocenters. The van der Waals surface area contributed by atoms with Gasteiger partial charge in [-0.05, 0) is 42.5 Å². The smallest absolute Gasteiger partial charge is 0.337 e. The summed E-state index contributed by atoms with van der Waals surface area (Å²) >= 11 is 0. The van der Waals surface area contributed by atoms with Crippen LogP contribution in [0.1, 0.15) is 33.5 Å². The van der Waals surface area contributed by atoms with Gasteiger partial charge in [-0.25, -0.2) is 4.79 Å². The number of aromatic carboxylic acids is 1. The van der Waals surface area contributed by atoms with Crippen LogP contribution in [-0.2, 0) is 13.0 Å². The zero-order valence-electron chi connectivity index (χ0n) is 12.2. The van der Waals surface area contributed by atoms with E-state index in [-0.39, 0.29) is 0 Å². The lowest BCUT2D eigenvalue weighted by Crippen LogP contribution is -2.25. The topological polar surface area (TPSA) is 40.5 Å². The van der Waals surface area contributed by atoms with E-state index in [4.69, 9.17) is 0 Å². The minimum atomic E-state index is -0.855. The molecule has 0 amide bonds. The van der Waals surface area contributed by atoms with E-state index in [0.717, 1.165) is 37.2 Å². The number of hydrogen-bond donors (Lipinski definition) is 1. The molecule has 0 unspecified atom stereocenters. The molecule has 1 N–H and O–H groups in total. The lowest BCUT2D eigenvalue weighted by atomic mass is 10.0. The second-order valence-electron chi connectivity index (χ2n) is 5.57. The van der Waals surface area contributed by atoms with Crippen molar-refractivity contribution in [2.45, 2.75) is 26.3 Å². The Morgan fingerprint density at radius 3 is 2.62 bits per heavy atom. The fraction of sp³-hybridized carbons (Fsp3) is 0.278. The molecular formula is C18H19NO2. The molecule has 0 saturated carbocycles. The maximum absolute atomic E-state index is 11.5. The Kier molecular flexibility index (Phi) is 3.65. The average Bonchev–Trinajstić information content (AvgIpc) is 2.68. The van der Waals surface area contributed by atoms with Crippen molar-refractivity contribution >= 4 is 11.7 Å². The molecule has 108 valence electrons. The van der Waals surface area contributed by atoms with E-state index in [1.165, 1.54) is 11.1 Å². The quantitative estimate of drug-likeness (QED) is 0.913. The van der Waals surface area contributed by atoms with E-state index >= 15 is 0 Å². The number of para-hydroxylation sites is 1. The largest absolute Gasteiger partial charge is 0.478 e. The first-order valence-corrected chi connectivity index (χ1v) is 7.31. The number of rotatable bonds is 2. The van der Waals surface area contributed by atoms with Crippen LogP contribution in [0.15, 0.2) is 42.5 Å². The predicted molar refractivity (Wildman–Crippen MR) is 84.0 cm³/mol. The molecule has 21 heavy (non-hydrogen) atoms. The van der Waals surface area contributed by atoms with E-state index in [0.29, 0.717) is 5.56 Å². The van der Waals surface area contributed by atoms with Gasteiger partial charge in [0, 0.05) is 13.1 Å². The monoisotopic (exact) mass is 281 g/mol. The first-order valence-electron chi connectivity index (χ1n) is 7.31. The van der Waals surface area contributed by atoms with Gasteiger partial charge < -0.3 is 10.0 Å². The van der Waals surface area contributed by atoms with Crippen LogP contribution in [0.25, 0.3) is 0 Å². The van der Waals surface area contributed by atoms with Crippen molar-refractivity contribution in [3.63, 3.8) is 0 Å². The van der Waals surface area contributed by atoms with E-state index in [1.54, 1.807) is 6.07 Å². The average molecular weight is 281 g/mol. The van der Waals surface area contributed by atoms with Gasteiger partial charge in [-0.2, -0.15) is 0 Å². The maximum atomic E-state index is 11.5.